The van der Waals surface area contributed by atoms with Gasteiger partial charge < -0.3 is 10.4 Å². The average molecular weight is 524 g/mol. The summed E-state index contributed by atoms with van der Waals surface area (Å²) < 4.78 is 66.8. The summed E-state index contributed by atoms with van der Waals surface area (Å²) in [5.74, 6) is -7.18. The van der Waals surface area contributed by atoms with Gasteiger partial charge in [0.15, 0.2) is 23.3 Å². The van der Waals surface area contributed by atoms with Crippen molar-refractivity contribution in [2.75, 3.05) is 5.32 Å². The van der Waals surface area contributed by atoms with Crippen LogP contribution in [0.2, 0.25) is 0 Å². The van der Waals surface area contributed by atoms with Crippen LogP contribution in [0.4, 0.5) is 27.6 Å². The maximum Gasteiger partial charge on any atom is 0.335 e. The fourth-order valence-corrected chi connectivity index (χ4v) is 4.03. The minimum Gasteiger partial charge on any atom is -0.478 e. The van der Waals surface area contributed by atoms with Crippen LogP contribution in [0.1, 0.15) is 99.4 Å². The van der Waals surface area contributed by atoms with Crippen molar-refractivity contribution in [1.82, 2.24) is 0 Å². The van der Waals surface area contributed by atoms with Crippen molar-refractivity contribution in [3.8, 4) is 12.0 Å². The second kappa shape index (κ2) is 16.6. The van der Waals surface area contributed by atoms with Crippen LogP contribution >= 0.6 is 0 Å². The summed E-state index contributed by atoms with van der Waals surface area (Å²) in [7, 11) is 0. The number of unbranched alkanes of at least 4 members (excludes halogenated alkanes) is 12. The third-order valence-electron chi connectivity index (χ3n) is 6.21. The highest BCUT2D eigenvalue weighted by Gasteiger charge is 2.24. The van der Waals surface area contributed by atoms with Crippen LogP contribution in [-0.4, -0.2) is 11.1 Å². The molecule has 0 atom stereocenters. The van der Waals surface area contributed by atoms with E-state index in [4.69, 9.17) is 5.11 Å². The van der Waals surface area contributed by atoms with Gasteiger partial charge in [-0.3, -0.25) is 0 Å². The van der Waals surface area contributed by atoms with Gasteiger partial charge in [0.1, 0.15) is 0 Å². The first-order valence-corrected chi connectivity index (χ1v) is 12.9. The zero-order valence-corrected chi connectivity index (χ0v) is 21.0. The molecule has 0 radical (unpaired) electrons. The summed E-state index contributed by atoms with van der Waals surface area (Å²) in [6.07, 6.45) is 12.7. The second-order valence-corrected chi connectivity index (χ2v) is 9.10. The molecule has 202 valence electrons. The minimum atomic E-state index is -2.11. The van der Waals surface area contributed by atoms with Gasteiger partial charge in [0, 0.05) is 23.7 Å². The van der Waals surface area contributed by atoms with Crippen molar-refractivity contribution in [2.45, 2.75) is 89.9 Å². The van der Waals surface area contributed by atoms with Crippen molar-refractivity contribution in [3.05, 3.63) is 64.5 Å². The number of anilines is 1. The van der Waals surface area contributed by atoms with Gasteiger partial charge in [0.2, 0.25) is 5.82 Å². The van der Waals surface area contributed by atoms with Crippen LogP contribution in [0.5, 0.6) is 0 Å². The van der Waals surface area contributed by atoms with E-state index in [9.17, 15) is 26.7 Å². The molecule has 2 N–H and O–H groups in total. The van der Waals surface area contributed by atoms with E-state index < -0.39 is 40.6 Å². The predicted molar refractivity (Wildman–Crippen MR) is 135 cm³/mol. The van der Waals surface area contributed by atoms with E-state index >= 15 is 0 Å². The highest BCUT2D eigenvalue weighted by atomic mass is 19.2. The fourth-order valence-electron chi connectivity index (χ4n) is 4.03. The summed E-state index contributed by atoms with van der Waals surface area (Å²) in [6, 6.07) is 9.33. The highest BCUT2D eigenvalue weighted by molar-refractivity contribution is 5.88. The van der Waals surface area contributed by atoms with Crippen molar-refractivity contribution >= 4 is 11.7 Å². The molecule has 2 aromatic rings. The molecule has 0 saturated heterocycles. The van der Waals surface area contributed by atoms with Gasteiger partial charge in [-0.1, -0.05) is 70.1 Å². The second-order valence-electron chi connectivity index (χ2n) is 9.10. The lowest BCUT2D eigenvalue weighted by Crippen LogP contribution is -2.07. The molecular formula is C29H34F5NO2. The lowest BCUT2D eigenvalue weighted by atomic mass is 10.0. The first-order valence-electron chi connectivity index (χ1n) is 12.9. The Labute approximate surface area is 215 Å². The summed E-state index contributed by atoms with van der Waals surface area (Å²) in [5, 5.41) is 11.8. The largest absolute Gasteiger partial charge is 0.478 e. The van der Waals surface area contributed by atoms with Crippen LogP contribution in [0.15, 0.2) is 24.3 Å². The summed E-state index contributed by atoms with van der Waals surface area (Å²) in [5.41, 5.74) is 0.289. The Morgan fingerprint density at radius 2 is 1.08 bits per heavy atom. The molecule has 0 fully saturated rings. The van der Waals surface area contributed by atoms with E-state index in [1.165, 1.54) is 31.4 Å². The third-order valence-corrected chi connectivity index (χ3v) is 6.21. The number of rotatable bonds is 16. The van der Waals surface area contributed by atoms with Gasteiger partial charge in [-0.2, -0.15) is 0 Å². The van der Waals surface area contributed by atoms with E-state index in [0.717, 1.165) is 57.1 Å². The van der Waals surface area contributed by atoms with Gasteiger partial charge >= 0.3 is 5.97 Å². The molecule has 2 rings (SSSR count). The molecule has 3 nitrogen and oxygen atoms in total. The zero-order valence-electron chi connectivity index (χ0n) is 21.0. The van der Waals surface area contributed by atoms with Gasteiger partial charge in [-0.25, -0.2) is 26.7 Å². The Morgan fingerprint density at radius 3 is 1.57 bits per heavy atom. The van der Waals surface area contributed by atoms with E-state index in [-0.39, 0.29) is 12.0 Å². The van der Waals surface area contributed by atoms with Crippen LogP contribution in [0.3, 0.4) is 0 Å². The fraction of sp³-hybridized carbons (Fsp3) is 0.483. The molecule has 0 aliphatic rings. The van der Waals surface area contributed by atoms with Crippen molar-refractivity contribution in [1.29, 1.82) is 0 Å². The van der Waals surface area contributed by atoms with E-state index in [0.29, 0.717) is 12.8 Å². The molecule has 0 aliphatic carbocycles. The first-order chi connectivity index (χ1) is 17.8. The van der Waals surface area contributed by atoms with Crippen LogP contribution < -0.4 is 5.32 Å². The highest BCUT2D eigenvalue weighted by Crippen LogP contribution is 2.24. The van der Waals surface area contributed by atoms with Crippen LogP contribution in [-0.2, 0) is 6.42 Å². The number of carbonyl (C=O) groups is 1. The summed E-state index contributed by atoms with van der Waals surface area (Å²) in [6.45, 7) is 0. The van der Waals surface area contributed by atoms with Crippen LogP contribution in [0, 0.1) is 41.1 Å². The number of hydrogen-bond donors (Lipinski definition) is 2. The SMILES string of the molecule is O=C(O)c1ccc(NC#CCCCCCCCCCCCCCCc2c(F)c(F)c(F)c(F)c2F)cc1. The Kier molecular flexibility index (Phi) is 13.5. The quantitative estimate of drug-likeness (QED) is 0.0577. The average Bonchev–Trinajstić information content (AvgIpc) is 2.90. The molecule has 0 spiro atoms. The van der Waals surface area contributed by atoms with Gasteiger partial charge in [-0.15, -0.1) is 0 Å². The smallest absolute Gasteiger partial charge is 0.335 e. The molecule has 0 aromatic heterocycles. The number of carboxylic acid groups (broad SMARTS) is 1. The molecule has 0 heterocycles. The Bertz CT molecular complexity index is 1030. The Morgan fingerprint density at radius 1 is 0.649 bits per heavy atom. The van der Waals surface area contributed by atoms with Crippen molar-refractivity contribution in [2.24, 2.45) is 0 Å². The zero-order chi connectivity index (χ0) is 27.0. The number of aromatic carboxylic acids is 1. The van der Waals surface area contributed by atoms with Crippen molar-refractivity contribution in [3.63, 3.8) is 0 Å². The predicted octanol–water partition coefficient (Wildman–Crippen LogP) is 8.77. The maximum absolute atomic E-state index is 13.6. The lowest BCUT2D eigenvalue weighted by Gasteiger charge is -2.08. The Balaban J connectivity index is 1.40. The number of halogens is 5. The standard InChI is InChI=1S/C29H34F5NO2/c30-24-23(25(31)27(33)28(34)26(24)32)15-13-11-9-7-5-3-1-2-4-6-8-10-12-14-20-35-22-18-16-21(17-19-22)29(36)37/h16-19,35H,1-13,15H2,(H,36,37). The third kappa shape index (κ3) is 10.4. The lowest BCUT2D eigenvalue weighted by molar-refractivity contribution is 0.0697. The van der Waals surface area contributed by atoms with E-state index in [1.54, 1.807) is 12.1 Å². The molecule has 0 unspecified atom stereocenters. The van der Waals surface area contributed by atoms with Crippen LogP contribution in [0.25, 0.3) is 0 Å². The minimum absolute atomic E-state index is 0.156. The number of hydrogen-bond acceptors (Lipinski definition) is 2. The molecule has 8 heteroatoms. The normalized spacial score (nSPS) is 10.7. The monoisotopic (exact) mass is 523 g/mol. The topological polar surface area (TPSA) is 49.3 Å². The molecule has 2 aromatic carbocycles. The maximum atomic E-state index is 13.6. The first kappa shape index (κ1) is 30.1. The van der Waals surface area contributed by atoms with E-state index in [2.05, 4.69) is 17.3 Å². The van der Waals surface area contributed by atoms with Crippen molar-refractivity contribution < 1.29 is 31.9 Å². The van der Waals surface area contributed by atoms with Gasteiger partial charge in [0.25, 0.3) is 0 Å². The molecule has 0 bridgehead atoms. The molecule has 0 aliphatic heterocycles. The summed E-state index contributed by atoms with van der Waals surface area (Å²) in [4.78, 5) is 10.8. The van der Waals surface area contributed by atoms with Gasteiger partial charge in [0.05, 0.1) is 5.56 Å². The molecule has 0 amide bonds. The van der Waals surface area contributed by atoms with Gasteiger partial charge in [-0.05, 0) is 43.5 Å². The van der Waals surface area contributed by atoms with E-state index in [1.807, 2.05) is 0 Å². The molecule has 0 saturated carbocycles. The number of carboxylic acids is 1. The summed E-state index contributed by atoms with van der Waals surface area (Å²) >= 11 is 0. The number of nitrogens with one attached hydrogen (secondary N) is 1. The molecular weight excluding hydrogens is 489 g/mol. The number of benzene rings is 2. The Hall–Kier alpha value is -3.08. The molecule has 37 heavy (non-hydrogen) atoms.